The van der Waals surface area contributed by atoms with Crippen LogP contribution in [0, 0.1) is 6.92 Å². The van der Waals surface area contributed by atoms with Gasteiger partial charge < -0.3 is 0 Å². The van der Waals surface area contributed by atoms with Gasteiger partial charge in [-0.1, -0.05) is 18.2 Å². The molecule has 0 aliphatic rings. The standard InChI is InChI=1S/C11H11NO2S2/c1-9-7-8-15-11(9)16(13,14)12-10-5-3-2-4-6-10/h2-8,12H,1H3. The number of anilines is 1. The SMILES string of the molecule is Cc1ccsc1S(=O)(=O)Nc1ccccc1. The third-order valence-corrected chi connectivity index (χ3v) is 5.15. The van der Waals surface area contributed by atoms with Crippen molar-refractivity contribution in [2.24, 2.45) is 0 Å². The Labute approximate surface area is 98.8 Å². The van der Waals surface area contributed by atoms with E-state index in [9.17, 15) is 8.42 Å². The molecule has 0 aliphatic heterocycles. The molecule has 84 valence electrons. The van der Waals surface area contributed by atoms with E-state index in [-0.39, 0.29) is 0 Å². The Balaban J connectivity index is 2.32. The van der Waals surface area contributed by atoms with Crippen LogP contribution >= 0.6 is 11.3 Å². The Morgan fingerprint density at radius 3 is 2.38 bits per heavy atom. The quantitative estimate of drug-likeness (QED) is 0.914. The summed E-state index contributed by atoms with van der Waals surface area (Å²) in [6, 6.07) is 10.7. The van der Waals surface area contributed by atoms with Crippen LogP contribution in [0.2, 0.25) is 0 Å². The smallest absolute Gasteiger partial charge is 0.271 e. The van der Waals surface area contributed by atoms with Gasteiger partial charge in [0.25, 0.3) is 10.0 Å². The fourth-order valence-electron chi connectivity index (χ4n) is 1.34. The Morgan fingerprint density at radius 1 is 1.12 bits per heavy atom. The monoisotopic (exact) mass is 253 g/mol. The summed E-state index contributed by atoms with van der Waals surface area (Å²) in [6.07, 6.45) is 0. The highest BCUT2D eigenvalue weighted by molar-refractivity contribution is 7.94. The maximum absolute atomic E-state index is 12.0. The summed E-state index contributed by atoms with van der Waals surface area (Å²) < 4.78 is 26.9. The van der Waals surface area contributed by atoms with Crippen LogP contribution in [0.5, 0.6) is 0 Å². The molecule has 1 aromatic heterocycles. The first kappa shape index (κ1) is 11.2. The molecule has 1 N–H and O–H groups in total. The van der Waals surface area contributed by atoms with Gasteiger partial charge in [-0.2, -0.15) is 0 Å². The van der Waals surface area contributed by atoms with E-state index in [4.69, 9.17) is 0 Å². The fraction of sp³-hybridized carbons (Fsp3) is 0.0909. The van der Waals surface area contributed by atoms with Crippen LogP contribution in [-0.2, 0) is 10.0 Å². The Bertz CT molecular complexity index is 573. The minimum absolute atomic E-state index is 0.372. The third-order valence-electron chi connectivity index (χ3n) is 2.09. The van der Waals surface area contributed by atoms with Crippen molar-refractivity contribution in [2.75, 3.05) is 4.72 Å². The van der Waals surface area contributed by atoms with Crippen LogP contribution in [0.1, 0.15) is 5.56 Å². The van der Waals surface area contributed by atoms with Crippen molar-refractivity contribution in [1.29, 1.82) is 0 Å². The van der Waals surface area contributed by atoms with Gasteiger partial charge in [0.05, 0.1) is 0 Å². The van der Waals surface area contributed by atoms with Crippen molar-refractivity contribution < 1.29 is 8.42 Å². The highest BCUT2D eigenvalue weighted by Gasteiger charge is 2.17. The van der Waals surface area contributed by atoms with Crippen molar-refractivity contribution in [1.82, 2.24) is 0 Å². The number of hydrogen-bond donors (Lipinski definition) is 1. The molecule has 0 saturated heterocycles. The topological polar surface area (TPSA) is 46.2 Å². The molecule has 0 bridgehead atoms. The van der Waals surface area contributed by atoms with E-state index in [0.717, 1.165) is 5.56 Å². The number of aryl methyl sites for hydroxylation is 1. The minimum Gasteiger partial charge on any atom is -0.279 e. The van der Waals surface area contributed by atoms with Gasteiger partial charge in [-0.15, -0.1) is 11.3 Å². The lowest BCUT2D eigenvalue weighted by Crippen LogP contribution is -2.12. The van der Waals surface area contributed by atoms with Gasteiger partial charge in [-0.25, -0.2) is 8.42 Å². The summed E-state index contributed by atoms with van der Waals surface area (Å²) in [4.78, 5) is 0. The number of thiophene rings is 1. The van der Waals surface area contributed by atoms with Crippen molar-refractivity contribution in [2.45, 2.75) is 11.1 Å². The molecule has 0 fully saturated rings. The number of rotatable bonds is 3. The van der Waals surface area contributed by atoms with E-state index in [0.29, 0.717) is 9.90 Å². The van der Waals surface area contributed by atoms with E-state index >= 15 is 0 Å². The molecule has 0 unspecified atom stereocenters. The molecule has 2 aromatic rings. The van der Waals surface area contributed by atoms with Gasteiger partial charge in [0.1, 0.15) is 4.21 Å². The van der Waals surface area contributed by atoms with Gasteiger partial charge in [-0.05, 0) is 36.1 Å². The number of hydrogen-bond acceptors (Lipinski definition) is 3. The third kappa shape index (κ3) is 2.25. The van der Waals surface area contributed by atoms with Crippen LogP contribution in [0.15, 0.2) is 46.0 Å². The van der Waals surface area contributed by atoms with Crippen LogP contribution in [0.4, 0.5) is 5.69 Å². The average molecular weight is 253 g/mol. The summed E-state index contributed by atoms with van der Waals surface area (Å²) in [6.45, 7) is 1.79. The van der Waals surface area contributed by atoms with Gasteiger partial charge in [0.15, 0.2) is 0 Å². The minimum atomic E-state index is -3.43. The molecule has 3 nitrogen and oxygen atoms in total. The first-order valence-electron chi connectivity index (χ1n) is 4.71. The van der Waals surface area contributed by atoms with Crippen molar-refractivity contribution in [3.05, 3.63) is 47.3 Å². The zero-order valence-electron chi connectivity index (χ0n) is 8.67. The Morgan fingerprint density at radius 2 is 1.81 bits per heavy atom. The van der Waals surface area contributed by atoms with Crippen molar-refractivity contribution in [3.63, 3.8) is 0 Å². The number of benzene rings is 1. The lowest BCUT2D eigenvalue weighted by molar-refractivity contribution is 0.602. The molecule has 0 spiro atoms. The second-order valence-electron chi connectivity index (χ2n) is 3.36. The molecule has 5 heteroatoms. The van der Waals surface area contributed by atoms with E-state index in [1.165, 1.54) is 11.3 Å². The number of para-hydroxylation sites is 1. The summed E-state index contributed by atoms with van der Waals surface area (Å²) in [7, 11) is -3.43. The van der Waals surface area contributed by atoms with Crippen LogP contribution in [-0.4, -0.2) is 8.42 Å². The molecule has 0 saturated carbocycles. The van der Waals surface area contributed by atoms with Crippen molar-refractivity contribution in [3.8, 4) is 0 Å². The molecule has 0 radical (unpaired) electrons. The van der Waals surface area contributed by atoms with Gasteiger partial charge in [0, 0.05) is 5.69 Å². The predicted octanol–water partition coefficient (Wildman–Crippen LogP) is 2.86. The summed E-state index contributed by atoms with van der Waals surface area (Å²) >= 11 is 1.23. The molecular weight excluding hydrogens is 242 g/mol. The van der Waals surface area contributed by atoms with Gasteiger partial charge in [0.2, 0.25) is 0 Å². The molecule has 16 heavy (non-hydrogen) atoms. The maximum Gasteiger partial charge on any atom is 0.271 e. The molecule has 0 aliphatic carbocycles. The zero-order valence-corrected chi connectivity index (χ0v) is 10.3. The molecular formula is C11H11NO2S2. The largest absolute Gasteiger partial charge is 0.279 e. The lowest BCUT2D eigenvalue weighted by Gasteiger charge is -2.06. The van der Waals surface area contributed by atoms with E-state index < -0.39 is 10.0 Å². The van der Waals surface area contributed by atoms with Crippen LogP contribution in [0.25, 0.3) is 0 Å². The van der Waals surface area contributed by atoms with Crippen LogP contribution < -0.4 is 4.72 Å². The maximum atomic E-state index is 12.0. The van der Waals surface area contributed by atoms with E-state index in [1.54, 1.807) is 42.6 Å². The van der Waals surface area contributed by atoms with Gasteiger partial charge in [-0.3, -0.25) is 4.72 Å². The fourth-order valence-corrected chi connectivity index (χ4v) is 3.82. The summed E-state index contributed by atoms with van der Waals surface area (Å²) in [5.74, 6) is 0. The normalized spacial score (nSPS) is 11.3. The van der Waals surface area contributed by atoms with Gasteiger partial charge >= 0.3 is 0 Å². The summed E-state index contributed by atoms with van der Waals surface area (Å²) in [5, 5.41) is 1.77. The molecule has 1 heterocycles. The second-order valence-corrected chi connectivity index (χ2v) is 6.16. The Hall–Kier alpha value is -1.33. The zero-order chi connectivity index (χ0) is 11.6. The molecule has 2 rings (SSSR count). The highest BCUT2D eigenvalue weighted by Crippen LogP contribution is 2.24. The number of sulfonamides is 1. The van der Waals surface area contributed by atoms with Crippen LogP contribution in [0.3, 0.4) is 0 Å². The van der Waals surface area contributed by atoms with E-state index in [1.807, 2.05) is 6.07 Å². The Kier molecular flexibility index (Phi) is 2.98. The first-order chi connectivity index (χ1) is 7.59. The second kappa shape index (κ2) is 4.27. The van der Waals surface area contributed by atoms with E-state index in [2.05, 4.69) is 4.72 Å². The summed E-state index contributed by atoms with van der Waals surface area (Å²) in [5.41, 5.74) is 1.35. The first-order valence-corrected chi connectivity index (χ1v) is 7.08. The molecule has 0 atom stereocenters. The average Bonchev–Trinajstić information content (AvgIpc) is 2.66. The lowest BCUT2D eigenvalue weighted by atomic mass is 10.3. The van der Waals surface area contributed by atoms with Crippen molar-refractivity contribution >= 4 is 27.0 Å². The molecule has 1 aromatic carbocycles. The highest BCUT2D eigenvalue weighted by atomic mass is 32.2. The molecule has 0 amide bonds. The number of nitrogens with one attached hydrogen (secondary N) is 1. The predicted molar refractivity (Wildman–Crippen MR) is 66.3 cm³/mol.